The van der Waals surface area contributed by atoms with Crippen molar-refractivity contribution in [3.8, 4) is 0 Å². The van der Waals surface area contributed by atoms with Gasteiger partial charge in [0.2, 0.25) is 5.91 Å². The Morgan fingerprint density at radius 1 is 1.40 bits per heavy atom. The van der Waals surface area contributed by atoms with E-state index in [1.54, 1.807) is 11.8 Å². The molecule has 0 bridgehead atoms. The lowest BCUT2D eigenvalue weighted by Crippen LogP contribution is -2.53. The van der Waals surface area contributed by atoms with Crippen LogP contribution in [0, 0.1) is 10.8 Å². The smallest absolute Gasteiger partial charge is 0.332 e. The third-order valence-corrected chi connectivity index (χ3v) is 6.98. The van der Waals surface area contributed by atoms with Gasteiger partial charge in [-0.1, -0.05) is 0 Å². The molecule has 0 aromatic rings. The number of alkyl halides is 2. The summed E-state index contributed by atoms with van der Waals surface area (Å²) in [5, 5.41) is 0. The van der Waals surface area contributed by atoms with E-state index in [-0.39, 0.29) is 17.3 Å². The zero-order valence-electron chi connectivity index (χ0n) is 11.4. The summed E-state index contributed by atoms with van der Waals surface area (Å²) >= 11 is 3.11. The number of carbonyl (C=O) groups is 2. The molecule has 2 saturated carbocycles. The highest BCUT2D eigenvalue weighted by molar-refractivity contribution is 9.10. The van der Waals surface area contributed by atoms with Crippen LogP contribution in [0.15, 0.2) is 0 Å². The summed E-state index contributed by atoms with van der Waals surface area (Å²) in [6.07, 6.45) is 2.94. The highest BCUT2D eigenvalue weighted by Gasteiger charge is 2.84. The number of amides is 1. The van der Waals surface area contributed by atoms with Gasteiger partial charge in [-0.2, -0.15) is 0 Å². The van der Waals surface area contributed by atoms with Crippen LogP contribution in [0.5, 0.6) is 0 Å². The first-order valence-electron chi connectivity index (χ1n) is 7.18. The molecule has 110 valence electrons. The number of rotatable bonds is 2. The highest BCUT2D eigenvalue weighted by atomic mass is 79.9. The third-order valence-electron chi connectivity index (χ3n) is 5.86. The minimum absolute atomic E-state index is 0.0115. The number of hydrogen-bond acceptors (Lipinski definition) is 3. The minimum Gasteiger partial charge on any atom is -0.464 e. The molecule has 0 aromatic carbocycles. The van der Waals surface area contributed by atoms with Gasteiger partial charge in [-0.05, 0) is 42.1 Å². The molecular formula is C14H17BrFNO3. The zero-order valence-corrected chi connectivity index (χ0v) is 13.0. The topological polar surface area (TPSA) is 46.6 Å². The minimum atomic E-state index is -1.43. The van der Waals surface area contributed by atoms with E-state index in [1.807, 2.05) is 0 Å². The van der Waals surface area contributed by atoms with Crippen LogP contribution in [0.25, 0.3) is 0 Å². The lowest BCUT2D eigenvalue weighted by Gasteiger charge is -2.34. The van der Waals surface area contributed by atoms with Crippen LogP contribution in [-0.2, 0) is 14.3 Å². The van der Waals surface area contributed by atoms with E-state index in [1.165, 1.54) is 0 Å². The maximum absolute atomic E-state index is 14.3. The van der Waals surface area contributed by atoms with Crippen LogP contribution in [0.4, 0.5) is 4.39 Å². The summed E-state index contributed by atoms with van der Waals surface area (Å²) in [6, 6.07) is 0. The molecule has 4 rings (SSSR count). The predicted molar refractivity (Wildman–Crippen MR) is 71.8 cm³/mol. The van der Waals surface area contributed by atoms with Crippen LogP contribution >= 0.6 is 15.9 Å². The van der Waals surface area contributed by atoms with E-state index in [4.69, 9.17) is 4.74 Å². The summed E-state index contributed by atoms with van der Waals surface area (Å²) in [5.41, 5.74) is -1.78. The normalized spacial score (nSPS) is 47.0. The van der Waals surface area contributed by atoms with Gasteiger partial charge in [-0.25, -0.2) is 9.18 Å². The Kier molecular flexibility index (Phi) is 2.21. The Morgan fingerprint density at radius 2 is 2.05 bits per heavy atom. The van der Waals surface area contributed by atoms with Crippen molar-refractivity contribution in [2.75, 3.05) is 13.2 Å². The largest absolute Gasteiger partial charge is 0.464 e. The highest BCUT2D eigenvalue weighted by Crippen LogP contribution is 2.77. The van der Waals surface area contributed by atoms with Gasteiger partial charge in [0, 0.05) is 30.2 Å². The first kappa shape index (κ1) is 13.0. The second-order valence-corrected chi connectivity index (χ2v) is 8.11. The Balaban J connectivity index is 1.78. The molecule has 0 aromatic heterocycles. The molecule has 4 fully saturated rings. The van der Waals surface area contributed by atoms with E-state index in [9.17, 15) is 14.0 Å². The molecule has 1 unspecified atom stereocenters. The second kappa shape index (κ2) is 3.39. The van der Waals surface area contributed by atoms with Crippen molar-refractivity contribution in [2.24, 2.45) is 10.8 Å². The van der Waals surface area contributed by atoms with E-state index in [0.29, 0.717) is 32.4 Å². The monoisotopic (exact) mass is 345 g/mol. The first-order chi connectivity index (χ1) is 9.33. The van der Waals surface area contributed by atoms with Gasteiger partial charge in [0.05, 0.1) is 6.61 Å². The number of nitrogens with zero attached hydrogens (tertiary/aromatic N) is 1. The summed E-state index contributed by atoms with van der Waals surface area (Å²) < 4.78 is 18.2. The molecular weight excluding hydrogens is 329 g/mol. The van der Waals surface area contributed by atoms with Crippen molar-refractivity contribution in [2.45, 2.75) is 49.1 Å². The van der Waals surface area contributed by atoms with Gasteiger partial charge >= 0.3 is 5.97 Å². The molecule has 1 amide bonds. The van der Waals surface area contributed by atoms with E-state index in [2.05, 4.69) is 15.9 Å². The van der Waals surface area contributed by atoms with Gasteiger partial charge in [0.15, 0.2) is 4.58 Å². The molecule has 2 spiro atoms. The molecule has 0 radical (unpaired) electrons. The van der Waals surface area contributed by atoms with E-state index in [0.717, 1.165) is 12.8 Å². The van der Waals surface area contributed by atoms with Gasteiger partial charge in [0.25, 0.3) is 0 Å². The van der Waals surface area contributed by atoms with Crippen LogP contribution in [0.2, 0.25) is 0 Å². The SMILES string of the molecule is CCOC(=O)[C@]12C[C@]3(CN1C(=O)CC21CC1)CC3(F)Br. The molecule has 6 heteroatoms. The first-order valence-corrected chi connectivity index (χ1v) is 7.97. The van der Waals surface area contributed by atoms with E-state index < -0.39 is 15.5 Å². The van der Waals surface area contributed by atoms with Crippen molar-refractivity contribution in [1.82, 2.24) is 4.90 Å². The molecule has 0 N–H and O–H groups in total. The Labute approximate surface area is 125 Å². The average molecular weight is 346 g/mol. The Morgan fingerprint density at radius 3 is 2.55 bits per heavy atom. The summed E-state index contributed by atoms with van der Waals surface area (Å²) in [5.74, 6) is -0.335. The summed E-state index contributed by atoms with van der Waals surface area (Å²) in [7, 11) is 0. The fourth-order valence-corrected chi connectivity index (χ4v) is 5.32. The molecule has 2 saturated heterocycles. The van der Waals surface area contributed by atoms with Crippen LogP contribution in [0.3, 0.4) is 0 Å². The van der Waals surface area contributed by atoms with Crippen molar-refractivity contribution in [1.29, 1.82) is 0 Å². The fraction of sp³-hybridized carbons (Fsp3) is 0.857. The van der Waals surface area contributed by atoms with Crippen LogP contribution < -0.4 is 0 Å². The van der Waals surface area contributed by atoms with E-state index >= 15 is 0 Å². The number of esters is 1. The van der Waals surface area contributed by atoms with Gasteiger partial charge in [0.1, 0.15) is 5.54 Å². The van der Waals surface area contributed by atoms with Gasteiger partial charge in [-0.15, -0.1) is 0 Å². The predicted octanol–water partition coefficient (Wildman–Crippen LogP) is 2.16. The average Bonchev–Trinajstić information content (AvgIpc) is 3.14. The third kappa shape index (κ3) is 1.23. The van der Waals surface area contributed by atoms with Gasteiger partial charge in [-0.3, -0.25) is 4.79 Å². The standard InChI is InChI=1S/C14H17BrFNO3/c1-2-20-10(19)13-6-12(7-14(12,15)16)8-17(13)9(18)5-11(13)3-4-11/h2-8H2,1H3/t12-,13+,14?/m1/s1. The summed E-state index contributed by atoms with van der Waals surface area (Å²) in [4.78, 5) is 26.6. The number of halogens is 2. The lowest BCUT2D eigenvalue weighted by molar-refractivity contribution is -0.160. The molecule has 3 atom stereocenters. The lowest BCUT2D eigenvalue weighted by atomic mass is 9.77. The van der Waals surface area contributed by atoms with Crippen LogP contribution in [-0.4, -0.2) is 40.0 Å². The van der Waals surface area contributed by atoms with Crippen molar-refractivity contribution in [3.63, 3.8) is 0 Å². The molecule has 4 nitrogen and oxygen atoms in total. The number of fused-ring (bicyclic) bond motifs is 2. The molecule has 2 aliphatic carbocycles. The van der Waals surface area contributed by atoms with Crippen LogP contribution in [0.1, 0.15) is 39.0 Å². The second-order valence-electron chi connectivity index (χ2n) is 6.86. The molecule has 4 aliphatic rings. The zero-order chi connectivity index (χ0) is 14.4. The Hall–Kier alpha value is -0.650. The maximum Gasteiger partial charge on any atom is 0.332 e. The number of carbonyl (C=O) groups excluding carboxylic acids is 2. The maximum atomic E-state index is 14.3. The van der Waals surface area contributed by atoms with Crippen molar-refractivity contribution < 1.29 is 18.7 Å². The molecule has 20 heavy (non-hydrogen) atoms. The van der Waals surface area contributed by atoms with Crippen molar-refractivity contribution in [3.05, 3.63) is 0 Å². The number of ether oxygens (including phenoxy) is 1. The quantitative estimate of drug-likeness (QED) is 0.569. The van der Waals surface area contributed by atoms with Crippen molar-refractivity contribution >= 4 is 27.8 Å². The number of hydrogen-bond donors (Lipinski definition) is 0. The molecule has 2 heterocycles. The fourth-order valence-electron chi connectivity index (χ4n) is 4.52. The van der Waals surface area contributed by atoms with Gasteiger partial charge < -0.3 is 9.64 Å². The summed E-state index contributed by atoms with van der Waals surface area (Å²) in [6.45, 7) is 2.40. The Bertz CT molecular complexity index is 533. The molecule has 2 aliphatic heterocycles.